The Morgan fingerprint density at radius 2 is 1.74 bits per heavy atom. The van der Waals surface area contributed by atoms with E-state index in [0.29, 0.717) is 17.3 Å². The van der Waals surface area contributed by atoms with Crippen LogP contribution >= 0.6 is 11.6 Å². The Morgan fingerprint density at radius 3 is 2.39 bits per heavy atom. The molecule has 0 saturated heterocycles. The van der Waals surface area contributed by atoms with Gasteiger partial charge < -0.3 is 5.32 Å². The molecule has 23 heavy (non-hydrogen) atoms. The van der Waals surface area contributed by atoms with Crippen LogP contribution in [0.4, 0.5) is 5.69 Å². The molecule has 0 spiro atoms. The molecule has 0 radical (unpaired) electrons. The fraction of sp³-hybridized carbons (Fsp3) is 0.111. The molecule has 0 saturated carbocycles. The maximum absolute atomic E-state index is 12.4. The van der Waals surface area contributed by atoms with Gasteiger partial charge in [-0.1, -0.05) is 54.1 Å². The fourth-order valence-corrected chi connectivity index (χ4v) is 2.62. The van der Waals surface area contributed by atoms with Crippen molar-refractivity contribution in [3.63, 3.8) is 0 Å². The normalized spacial score (nSPS) is 10.5. The maximum Gasteiger partial charge on any atom is 0.275 e. The van der Waals surface area contributed by atoms with E-state index in [9.17, 15) is 4.79 Å². The lowest BCUT2D eigenvalue weighted by Gasteiger charge is -2.08. The summed E-state index contributed by atoms with van der Waals surface area (Å²) in [7, 11) is 0. The molecule has 0 bridgehead atoms. The molecule has 0 atom stereocenters. The molecule has 0 unspecified atom stereocenters. The number of nitrogens with zero attached hydrogens (tertiary/aromatic N) is 2. The molecule has 1 amide bonds. The van der Waals surface area contributed by atoms with Gasteiger partial charge in [0.2, 0.25) is 0 Å². The van der Waals surface area contributed by atoms with Gasteiger partial charge in [0, 0.05) is 12.2 Å². The standard InChI is InChI=1S/C18H16ClN3O/c1-2-22-17(16(19)12-20-22)18(23)21-15-10-8-14(9-11-15)13-6-4-3-5-7-13/h3-12H,2H2,1H3,(H,21,23). The molecule has 3 rings (SSSR count). The van der Waals surface area contributed by atoms with Crippen molar-refractivity contribution in [3.05, 3.63) is 71.5 Å². The number of carbonyl (C=O) groups is 1. The lowest BCUT2D eigenvalue weighted by molar-refractivity contribution is 0.101. The average Bonchev–Trinajstić information content (AvgIpc) is 2.97. The third-order valence-corrected chi connectivity index (χ3v) is 3.84. The molecule has 3 aromatic rings. The first kappa shape index (κ1) is 15.3. The third kappa shape index (κ3) is 3.27. The molecular weight excluding hydrogens is 310 g/mol. The Kier molecular flexibility index (Phi) is 4.44. The Balaban J connectivity index is 1.78. The van der Waals surface area contributed by atoms with Gasteiger partial charge in [0.1, 0.15) is 5.69 Å². The number of amides is 1. The van der Waals surface area contributed by atoms with Crippen LogP contribution in [0.5, 0.6) is 0 Å². The molecular formula is C18H16ClN3O. The molecule has 116 valence electrons. The third-order valence-electron chi connectivity index (χ3n) is 3.56. The van der Waals surface area contributed by atoms with Crippen molar-refractivity contribution in [3.8, 4) is 11.1 Å². The smallest absolute Gasteiger partial charge is 0.275 e. The van der Waals surface area contributed by atoms with Gasteiger partial charge in [-0.2, -0.15) is 5.10 Å². The fourth-order valence-electron chi connectivity index (χ4n) is 2.39. The lowest BCUT2D eigenvalue weighted by Crippen LogP contribution is -2.17. The highest BCUT2D eigenvalue weighted by molar-refractivity contribution is 6.34. The Hall–Kier alpha value is -2.59. The second-order valence-electron chi connectivity index (χ2n) is 5.05. The van der Waals surface area contributed by atoms with E-state index in [-0.39, 0.29) is 5.91 Å². The summed E-state index contributed by atoms with van der Waals surface area (Å²) in [5.41, 5.74) is 3.33. The van der Waals surface area contributed by atoms with Crippen LogP contribution in [0, 0.1) is 0 Å². The molecule has 5 heteroatoms. The van der Waals surface area contributed by atoms with Gasteiger partial charge >= 0.3 is 0 Å². The maximum atomic E-state index is 12.4. The summed E-state index contributed by atoms with van der Waals surface area (Å²) < 4.78 is 1.58. The van der Waals surface area contributed by atoms with E-state index in [0.717, 1.165) is 16.8 Å². The Bertz CT molecular complexity index is 810. The van der Waals surface area contributed by atoms with Crippen molar-refractivity contribution in [2.24, 2.45) is 0 Å². The zero-order chi connectivity index (χ0) is 16.2. The molecule has 0 aliphatic heterocycles. The van der Waals surface area contributed by atoms with Gasteiger partial charge in [-0.25, -0.2) is 0 Å². The number of benzene rings is 2. The highest BCUT2D eigenvalue weighted by atomic mass is 35.5. The summed E-state index contributed by atoms with van der Waals surface area (Å²) in [5, 5.41) is 7.28. The summed E-state index contributed by atoms with van der Waals surface area (Å²) in [5.74, 6) is -0.262. The van der Waals surface area contributed by atoms with Crippen LogP contribution in [0.1, 0.15) is 17.4 Å². The van der Waals surface area contributed by atoms with Crippen LogP contribution in [-0.4, -0.2) is 15.7 Å². The highest BCUT2D eigenvalue weighted by Gasteiger charge is 2.16. The topological polar surface area (TPSA) is 46.9 Å². The minimum Gasteiger partial charge on any atom is -0.321 e. The first-order valence-electron chi connectivity index (χ1n) is 7.37. The van der Waals surface area contributed by atoms with Crippen molar-refractivity contribution in [2.45, 2.75) is 13.5 Å². The van der Waals surface area contributed by atoms with Crippen molar-refractivity contribution < 1.29 is 4.79 Å². The van der Waals surface area contributed by atoms with Crippen LogP contribution in [0.25, 0.3) is 11.1 Å². The summed E-state index contributed by atoms with van der Waals surface area (Å²) in [4.78, 5) is 12.4. The molecule has 0 fully saturated rings. The summed E-state index contributed by atoms with van der Waals surface area (Å²) in [6.45, 7) is 2.50. The van der Waals surface area contributed by atoms with E-state index >= 15 is 0 Å². The van der Waals surface area contributed by atoms with E-state index in [2.05, 4.69) is 10.4 Å². The van der Waals surface area contributed by atoms with Gasteiger partial charge in [0.15, 0.2) is 0 Å². The second-order valence-corrected chi connectivity index (χ2v) is 5.46. The van der Waals surface area contributed by atoms with E-state index < -0.39 is 0 Å². The van der Waals surface area contributed by atoms with E-state index in [1.165, 1.54) is 6.20 Å². The van der Waals surface area contributed by atoms with Gasteiger partial charge in [-0.15, -0.1) is 0 Å². The predicted octanol–water partition coefficient (Wildman–Crippen LogP) is 4.48. The highest BCUT2D eigenvalue weighted by Crippen LogP contribution is 2.22. The van der Waals surface area contributed by atoms with E-state index in [1.807, 2.05) is 61.5 Å². The minimum absolute atomic E-state index is 0.262. The minimum atomic E-state index is -0.262. The van der Waals surface area contributed by atoms with Gasteiger partial charge in [0.05, 0.1) is 11.2 Å². The zero-order valence-electron chi connectivity index (χ0n) is 12.7. The van der Waals surface area contributed by atoms with Crippen molar-refractivity contribution in [2.75, 3.05) is 5.32 Å². The van der Waals surface area contributed by atoms with Crippen molar-refractivity contribution >= 4 is 23.2 Å². The van der Waals surface area contributed by atoms with Crippen molar-refractivity contribution in [1.29, 1.82) is 0 Å². The summed E-state index contributed by atoms with van der Waals surface area (Å²) >= 11 is 6.05. The van der Waals surface area contributed by atoms with Crippen molar-refractivity contribution in [1.82, 2.24) is 9.78 Å². The van der Waals surface area contributed by atoms with Crippen LogP contribution in [0.3, 0.4) is 0 Å². The van der Waals surface area contributed by atoms with Crippen LogP contribution in [0.2, 0.25) is 5.02 Å². The number of rotatable bonds is 4. The number of hydrogen-bond donors (Lipinski definition) is 1. The second kappa shape index (κ2) is 6.67. The number of aryl methyl sites for hydroxylation is 1. The summed E-state index contributed by atoms with van der Waals surface area (Å²) in [6.07, 6.45) is 1.48. The molecule has 0 aliphatic carbocycles. The molecule has 2 aromatic carbocycles. The molecule has 1 heterocycles. The first-order valence-corrected chi connectivity index (χ1v) is 7.75. The van der Waals surface area contributed by atoms with Crippen LogP contribution < -0.4 is 5.32 Å². The molecule has 1 N–H and O–H groups in total. The Labute approximate surface area is 139 Å². The number of hydrogen-bond acceptors (Lipinski definition) is 2. The SMILES string of the molecule is CCn1ncc(Cl)c1C(=O)Nc1ccc(-c2ccccc2)cc1. The molecule has 4 nitrogen and oxygen atoms in total. The molecule has 1 aromatic heterocycles. The Morgan fingerprint density at radius 1 is 1.09 bits per heavy atom. The lowest BCUT2D eigenvalue weighted by atomic mass is 10.1. The average molecular weight is 326 g/mol. The number of anilines is 1. The number of aromatic nitrogens is 2. The number of carbonyl (C=O) groups excluding carboxylic acids is 1. The monoisotopic (exact) mass is 325 g/mol. The van der Waals surface area contributed by atoms with E-state index in [1.54, 1.807) is 4.68 Å². The number of halogens is 1. The molecule has 0 aliphatic rings. The predicted molar refractivity (Wildman–Crippen MR) is 92.7 cm³/mol. The largest absolute Gasteiger partial charge is 0.321 e. The van der Waals surface area contributed by atoms with Crippen LogP contribution in [0.15, 0.2) is 60.8 Å². The quantitative estimate of drug-likeness (QED) is 0.769. The van der Waals surface area contributed by atoms with Gasteiger partial charge in [-0.05, 0) is 30.2 Å². The van der Waals surface area contributed by atoms with Gasteiger partial charge in [-0.3, -0.25) is 9.48 Å². The van der Waals surface area contributed by atoms with Gasteiger partial charge in [0.25, 0.3) is 5.91 Å². The number of nitrogens with one attached hydrogen (secondary N) is 1. The summed E-state index contributed by atoms with van der Waals surface area (Å²) in [6, 6.07) is 17.8. The first-order chi connectivity index (χ1) is 11.2. The van der Waals surface area contributed by atoms with Crippen LogP contribution in [-0.2, 0) is 6.54 Å². The van der Waals surface area contributed by atoms with E-state index in [4.69, 9.17) is 11.6 Å². The zero-order valence-corrected chi connectivity index (χ0v) is 13.4.